The fourth-order valence-corrected chi connectivity index (χ4v) is 2.48. The van der Waals surface area contributed by atoms with Gasteiger partial charge in [0.05, 0.1) is 16.8 Å². The third-order valence-corrected chi connectivity index (χ3v) is 3.79. The third kappa shape index (κ3) is 3.38. The Morgan fingerprint density at radius 2 is 2.37 bits per heavy atom. The Morgan fingerprint density at radius 1 is 1.58 bits per heavy atom. The highest BCUT2D eigenvalue weighted by molar-refractivity contribution is 6.31. The molecule has 19 heavy (non-hydrogen) atoms. The van der Waals surface area contributed by atoms with Crippen LogP contribution in [0.1, 0.15) is 31.9 Å². The molecule has 0 saturated heterocycles. The van der Waals surface area contributed by atoms with Gasteiger partial charge in [0.25, 0.3) is 0 Å². The van der Waals surface area contributed by atoms with E-state index in [0.29, 0.717) is 11.6 Å². The Labute approximate surface area is 119 Å². The molecular weight excluding hydrogens is 262 g/mol. The number of rotatable bonds is 5. The molecule has 0 unspecified atom stereocenters. The summed E-state index contributed by atoms with van der Waals surface area (Å²) in [6.07, 6.45) is 9.25. The number of carbonyl (C=O) groups is 1. The van der Waals surface area contributed by atoms with Crippen molar-refractivity contribution in [1.82, 2.24) is 14.7 Å². The molecule has 2 rings (SSSR count). The van der Waals surface area contributed by atoms with Crippen LogP contribution in [0.25, 0.3) is 0 Å². The number of halogens is 1. The highest BCUT2D eigenvalue weighted by atomic mass is 35.5. The smallest absolute Gasteiger partial charge is 0.245 e. The highest BCUT2D eigenvalue weighted by Gasteiger charge is 2.24. The maximum absolute atomic E-state index is 12.3. The van der Waals surface area contributed by atoms with Gasteiger partial charge in [0, 0.05) is 12.7 Å². The molecule has 4 nitrogen and oxygen atoms in total. The van der Waals surface area contributed by atoms with Crippen molar-refractivity contribution >= 4 is 17.5 Å². The first-order valence-electron chi connectivity index (χ1n) is 6.77. The van der Waals surface area contributed by atoms with E-state index in [-0.39, 0.29) is 18.5 Å². The number of amides is 1. The molecule has 0 saturated carbocycles. The van der Waals surface area contributed by atoms with Gasteiger partial charge in [-0.05, 0) is 13.3 Å². The van der Waals surface area contributed by atoms with Crippen LogP contribution in [0.3, 0.4) is 0 Å². The van der Waals surface area contributed by atoms with Crippen LogP contribution in [-0.2, 0) is 11.3 Å². The molecule has 1 amide bonds. The van der Waals surface area contributed by atoms with Gasteiger partial charge in [-0.15, -0.1) is 0 Å². The van der Waals surface area contributed by atoms with E-state index in [4.69, 9.17) is 11.6 Å². The molecule has 0 N–H and O–H groups in total. The molecule has 104 valence electrons. The second-order valence-corrected chi connectivity index (χ2v) is 5.35. The summed E-state index contributed by atoms with van der Waals surface area (Å²) in [7, 11) is 0. The van der Waals surface area contributed by atoms with Crippen LogP contribution in [0, 0.1) is 6.92 Å². The zero-order chi connectivity index (χ0) is 13.8. The van der Waals surface area contributed by atoms with E-state index < -0.39 is 0 Å². The minimum absolute atomic E-state index is 0.102. The largest absolute Gasteiger partial charge is 0.331 e. The van der Waals surface area contributed by atoms with Crippen molar-refractivity contribution in [3.8, 4) is 0 Å². The lowest BCUT2D eigenvalue weighted by Gasteiger charge is -2.24. The zero-order valence-electron chi connectivity index (χ0n) is 11.5. The van der Waals surface area contributed by atoms with Crippen molar-refractivity contribution < 1.29 is 4.79 Å². The second-order valence-electron chi connectivity index (χ2n) is 4.94. The quantitative estimate of drug-likeness (QED) is 0.779. The summed E-state index contributed by atoms with van der Waals surface area (Å²) < 4.78 is 1.62. The van der Waals surface area contributed by atoms with Crippen molar-refractivity contribution in [2.45, 2.75) is 45.7 Å². The Morgan fingerprint density at radius 3 is 3.00 bits per heavy atom. The molecule has 1 aliphatic heterocycles. The fraction of sp³-hybridized carbons (Fsp3) is 0.571. The van der Waals surface area contributed by atoms with E-state index >= 15 is 0 Å². The van der Waals surface area contributed by atoms with Crippen LogP contribution in [0.4, 0.5) is 0 Å². The normalized spacial score (nSPS) is 18.3. The molecule has 0 radical (unpaired) electrons. The van der Waals surface area contributed by atoms with E-state index in [0.717, 1.165) is 25.0 Å². The fourth-order valence-electron chi connectivity index (χ4n) is 2.33. The highest BCUT2D eigenvalue weighted by Crippen LogP contribution is 2.17. The van der Waals surface area contributed by atoms with E-state index in [1.807, 2.05) is 11.8 Å². The summed E-state index contributed by atoms with van der Waals surface area (Å²) in [5.41, 5.74) is 0.761. The second kappa shape index (κ2) is 6.24. The van der Waals surface area contributed by atoms with Gasteiger partial charge in [0.15, 0.2) is 0 Å². The molecule has 1 atom stereocenters. The van der Waals surface area contributed by atoms with Gasteiger partial charge in [0.2, 0.25) is 5.91 Å². The number of nitrogens with zero attached hydrogens (tertiary/aromatic N) is 3. The number of aryl methyl sites for hydroxylation is 1. The molecule has 1 aliphatic rings. The summed E-state index contributed by atoms with van der Waals surface area (Å²) in [4.78, 5) is 14.2. The number of carbonyl (C=O) groups excluding carboxylic acids is 1. The molecule has 0 fully saturated rings. The zero-order valence-corrected chi connectivity index (χ0v) is 12.2. The van der Waals surface area contributed by atoms with Crippen LogP contribution < -0.4 is 0 Å². The lowest BCUT2D eigenvalue weighted by Crippen LogP contribution is -2.38. The molecule has 1 aromatic heterocycles. The maximum atomic E-state index is 12.3. The first-order chi connectivity index (χ1) is 9.11. The van der Waals surface area contributed by atoms with Crippen LogP contribution in [0.5, 0.6) is 0 Å². The Bertz CT molecular complexity index is 462. The topological polar surface area (TPSA) is 38.1 Å². The summed E-state index contributed by atoms with van der Waals surface area (Å²) in [5, 5.41) is 4.83. The van der Waals surface area contributed by atoms with E-state index in [1.165, 1.54) is 0 Å². The van der Waals surface area contributed by atoms with Gasteiger partial charge in [-0.1, -0.05) is 43.5 Å². The summed E-state index contributed by atoms with van der Waals surface area (Å²) in [6.45, 7) is 4.98. The number of hydrogen-bond donors (Lipinski definition) is 0. The number of aromatic nitrogens is 2. The molecule has 5 heteroatoms. The van der Waals surface area contributed by atoms with E-state index in [2.05, 4.69) is 24.2 Å². The first kappa shape index (κ1) is 14.1. The molecular formula is C14H20ClN3O. The van der Waals surface area contributed by atoms with Crippen molar-refractivity contribution in [3.05, 3.63) is 29.1 Å². The average molecular weight is 282 g/mol. The molecule has 2 heterocycles. The average Bonchev–Trinajstić information content (AvgIpc) is 2.94. The van der Waals surface area contributed by atoms with Crippen molar-refractivity contribution in [3.63, 3.8) is 0 Å². The van der Waals surface area contributed by atoms with Crippen molar-refractivity contribution in [2.75, 3.05) is 6.54 Å². The Balaban J connectivity index is 1.95. The van der Waals surface area contributed by atoms with Gasteiger partial charge < -0.3 is 4.90 Å². The predicted molar refractivity (Wildman–Crippen MR) is 76.1 cm³/mol. The lowest BCUT2D eigenvalue weighted by molar-refractivity contribution is -0.132. The predicted octanol–water partition coefficient (Wildman–Crippen LogP) is 2.80. The molecule has 0 bridgehead atoms. The van der Waals surface area contributed by atoms with Crippen molar-refractivity contribution in [1.29, 1.82) is 0 Å². The Kier molecular flexibility index (Phi) is 4.64. The van der Waals surface area contributed by atoms with Gasteiger partial charge in [0.1, 0.15) is 6.54 Å². The molecule has 1 aromatic rings. The van der Waals surface area contributed by atoms with Gasteiger partial charge in [-0.2, -0.15) is 5.10 Å². The summed E-state index contributed by atoms with van der Waals surface area (Å²) in [5.74, 6) is 0.102. The van der Waals surface area contributed by atoms with Gasteiger partial charge in [-0.25, -0.2) is 0 Å². The molecule has 0 aliphatic carbocycles. The lowest BCUT2D eigenvalue weighted by atomic mass is 10.1. The molecule has 0 aromatic carbocycles. The number of unbranched alkanes of at least 4 members (excludes halogenated alkanes) is 1. The Hall–Kier alpha value is -1.29. The van der Waals surface area contributed by atoms with E-state index in [1.54, 1.807) is 10.9 Å². The van der Waals surface area contributed by atoms with Gasteiger partial charge in [-0.3, -0.25) is 9.48 Å². The monoisotopic (exact) mass is 281 g/mol. The van der Waals surface area contributed by atoms with Gasteiger partial charge >= 0.3 is 0 Å². The first-order valence-corrected chi connectivity index (χ1v) is 7.15. The molecule has 0 spiro atoms. The van der Waals surface area contributed by atoms with Crippen LogP contribution in [0.2, 0.25) is 5.02 Å². The van der Waals surface area contributed by atoms with Crippen LogP contribution >= 0.6 is 11.6 Å². The number of hydrogen-bond acceptors (Lipinski definition) is 2. The summed E-state index contributed by atoms with van der Waals surface area (Å²) >= 11 is 5.95. The maximum Gasteiger partial charge on any atom is 0.245 e. The third-order valence-electron chi connectivity index (χ3n) is 3.42. The summed E-state index contributed by atoms with van der Waals surface area (Å²) in [6, 6.07) is 0.250. The minimum Gasteiger partial charge on any atom is -0.331 e. The minimum atomic E-state index is 0.102. The van der Waals surface area contributed by atoms with E-state index in [9.17, 15) is 4.79 Å². The standard InChI is InChI=1S/C14H20ClN3O/c1-3-4-6-12-7-5-8-18(12)14(19)10-17-9-13(15)11(2)16-17/h5,7,9,12H,3-4,6,8,10H2,1-2H3/t12-/m0/s1. The van der Waals surface area contributed by atoms with Crippen LogP contribution in [0.15, 0.2) is 18.3 Å². The van der Waals surface area contributed by atoms with Crippen LogP contribution in [-0.4, -0.2) is 33.2 Å². The van der Waals surface area contributed by atoms with Crippen molar-refractivity contribution in [2.24, 2.45) is 0 Å². The SMILES string of the molecule is CCCC[C@H]1C=CCN1C(=O)Cn1cc(Cl)c(C)n1.